The van der Waals surface area contributed by atoms with Gasteiger partial charge < -0.3 is 5.11 Å². The van der Waals surface area contributed by atoms with Gasteiger partial charge in [0, 0.05) is 16.6 Å². The molecule has 0 aromatic carbocycles. The van der Waals surface area contributed by atoms with Crippen molar-refractivity contribution >= 4 is 17.6 Å². The van der Waals surface area contributed by atoms with Crippen LogP contribution in [0.1, 0.15) is 9.67 Å². The molecule has 0 fully saturated rings. The molecule has 2 aromatic heterocycles. The molecule has 70 valence electrons. The van der Waals surface area contributed by atoms with Gasteiger partial charge in [0.05, 0.1) is 11.1 Å². The van der Waals surface area contributed by atoms with Gasteiger partial charge in [0.1, 0.15) is 5.75 Å². The number of aromatic hydroxyl groups is 1. The van der Waals surface area contributed by atoms with Crippen LogP contribution in [-0.2, 0) is 0 Å². The van der Waals surface area contributed by atoms with Gasteiger partial charge >= 0.3 is 0 Å². The number of carbonyl (C=O) groups is 1. The largest absolute Gasteiger partial charge is 0.506 e. The van der Waals surface area contributed by atoms with Crippen LogP contribution in [0.15, 0.2) is 30.6 Å². The maximum atomic E-state index is 10.5. The maximum absolute atomic E-state index is 10.5. The Morgan fingerprint density at radius 1 is 1.36 bits per heavy atom. The molecule has 0 bridgehead atoms. The predicted molar refractivity (Wildman–Crippen MR) is 54.6 cm³/mol. The van der Waals surface area contributed by atoms with Crippen LogP contribution in [-0.4, -0.2) is 16.4 Å². The molecule has 4 heteroatoms. The fourth-order valence-corrected chi connectivity index (χ4v) is 1.94. The van der Waals surface area contributed by atoms with E-state index < -0.39 is 0 Å². The molecule has 0 aliphatic heterocycles. The van der Waals surface area contributed by atoms with Crippen molar-refractivity contribution in [2.45, 2.75) is 0 Å². The Hall–Kier alpha value is -1.68. The lowest BCUT2D eigenvalue weighted by Crippen LogP contribution is -1.75. The zero-order chi connectivity index (χ0) is 9.97. The highest BCUT2D eigenvalue weighted by atomic mass is 32.1. The Morgan fingerprint density at radius 3 is 2.86 bits per heavy atom. The van der Waals surface area contributed by atoms with Crippen molar-refractivity contribution < 1.29 is 9.90 Å². The van der Waals surface area contributed by atoms with Gasteiger partial charge in [-0.2, -0.15) is 0 Å². The summed E-state index contributed by atoms with van der Waals surface area (Å²) in [6, 6.07) is 5.20. The molecule has 2 rings (SSSR count). The second-order valence-electron chi connectivity index (χ2n) is 2.75. The van der Waals surface area contributed by atoms with Crippen LogP contribution in [0, 0.1) is 0 Å². The van der Waals surface area contributed by atoms with E-state index in [1.165, 1.54) is 17.5 Å². The minimum Gasteiger partial charge on any atom is -0.506 e. The average molecular weight is 205 g/mol. The standard InChI is InChI=1S/C10H7NO2S/c12-6-9-1-2-10(14-9)7-3-8(13)5-11-4-7/h1-6,13H. The minimum absolute atomic E-state index is 0.128. The van der Waals surface area contributed by atoms with Gasteiger partial charge in [-0.25, -0.2) is 0 Å². The van der Waals surface area contributed by atoms with Crippen molar-refractivity contribution in [1.29, 1.82) is 0 Å². The number of nitrogens with zero attached hydrogens (tertiary/aromatic N) is 1. The van der Waals surface area contributed by atoms with Crippen LogP contribution in [0.3, 0.4) is 0 Å². The second kappa shape index (κ2) is 3.59. The van der Waals surface area contributed by atoms with Crippen LogP contribution in [0.2, 0.25) is 0 Å². The number of hydrogen-bond donors (Lipinski definition) is 1. The normalized spacial score (nSPS) is 10.0. The lowest BCUT2D eigenvalue weighted by Gasteiger charge is -1.96. The summed E-state index contributed by atoms with van der Waals surface area (Å²) in [6.45, 7) is 0. The van der Waals surface area contributed by atoms with E-state index in [2.05, 4.69) is 4.98 Å². The molecule has 2 aromatic rings. The smallest absolute Gasteiger partial charge is 0.160 e. The third kappa shape index (κ3) is 1.65. The van der Waals surface area contributed by atoms with Crippen LogP contribution < -0.4 is 0 Å². The van der Waals surface area contributed by atoms with E-state index in [-0.39, 0.29) is 5.75 Å². The Morgan fingerprint density at radius 2 is 2.21 bits per heavy atom. The molecule has 0 amide bonds. The molecular weight excluding hydrogens is 198 g/mol. The van der Waals surface area contributed by atoms with Crippen molar-refractivity contribution in [3.63, 3.8) is 0 Å². The lowest BCUT2D eigenvalue weighted by atomic mass is 10.2. The molecule has 0 unspecified atom stereocenters. The highest BCUT2D eigenvalue weighted by Crippen LogP contribution is 2.28. The van der Waals surface area contributed by atoms with E-state index >= 15 is 0 Å². The summed E-state index contributed by atoms with van der Waals surface area (Å²) in [6.07, 6.45) is 3.84. The third-order valence-corrected chi connectivity index (χ3v) is 2.81. The average Bonchev–Trinajstić information content (AvgIpc) is 2.66. The van der Waals surface area contributed by atoms with Gasteiger partial charge in [-0.1, -0.05) is 0 Å². The SMILES string of the molecule is O=Cc1ccc(-c2cncc(O)c2)s1. The fourth-order valence-electron chi connectivity index (χ4n) is 1.13. The van der Waals surface area contributed by atoms with Crippen LogP contribution in [0.25, 0.3) is 10.4 Å². The molecule has 0 radical (unpaired) electrons. The van der Waals surface area contributed by atoms with Gasteiger partial charge in [0.15, 0.2) is 6.29 Å². The molecule has 1 N–H and O–H groups in total. The van der Waals surface area contributed by atoms with Crippen LogP contribution >= 0.6 is 11.3 Å². The molecule has 0 saturated heterocycles. The number of rotatable bonds is 2. The summed E-state index contributed by atoms with van der Waals surface area (Å²) in [5.41, 5.74) is 0.822. The highest BCUT2D eigenvalue weighted by Gasteiger charge is 2.02. The van der Waals surface area contributed by atoms with Gasteiger partial charge in [0.25, 0.3) is 0 Å². The second-order valence-corrected chi connectivity index (χ2v) is 3.87. The molecule has 14 heavy (non-hydrogen) atoms. The summed E-state index contributed by atoms with van der Waals surface area (Å²) in [5.74, 6) is 0.128. The first-order chi connectivity index (χ1) is 6.79. The van der Waals surface area contributed by atoms with Gasteiger partial charge in [-0.05, 0) is 18.2 Å². The number of hydrogen-bond acceptors (Lipinski definition) is 4. The van der Waals surface area contributed by atoms with Gasteiger partial charge in [0.2, 0.25) is 0 Å². The zero-order valence-electron chi connectivity index (χ0n) is 7.18. The molecule has 2 heterocycles. The van der Waals surface area contributed by atoms with Crippen molar-refractivity contribution in [1.82, 2.24) is 4.98 Å². The van der Waals surface area contributed by atoms with E-state index in [0.29, 0.717) is 4.88 Å². The van der Waals surface area contributed by atoms with E-state index in [4.69, 9.17) is 0 Å². The first kappa shape index (κ1) is 8.90. The Kier molecular flexibility index (Phi) is 2.28. The Bertz CT molecular complexity index is 465. The highest BCUT2D eigenvalue weighted by molar-refractivity contribution is 7.17. The van der Waals surface area contributed by atoms with Crippen molar-refractivity contribution in [3.05, 3.63) is 35.5 Å². The lowest BCUT2D eigenvalue weighted by molar-refractivity contribution is 0.112. The molecule has 3 nitrogen and oxygen atoms in total. The summed E-state index contributed by atoms with van der Waals surface area (Å²) in [7, 11) is 0. The van der Waals surface area contributed by atoms with Gasteiger partial charge in [-0.15, -0.1) is 11.3 Å². The monoisotopic (exact) mass is 205 g/mol. The third-order valence-electron chi connectivity index (χ3n) is 1.75. The number of carbonyl (C=O) groups excluding carboxylic acids is 1. The summed E-state index contributed by atoms with van der Waals surface area (Å²) in [5, 5.41) is 9.21. The predicted octanol–water partition coefficient (Wildman–Crippen LogP) is 2.33. The van der Waals surface area contributed by atoms with E-state index in [9.17, 15) is 9.90 Å². The molecule has 0 atom stereocenters. The quantitative estimate of drug-likeness (QED) is 0.765. The Labute approximate surface area is 84.7 Å². The molecule has 0 aliphatic rings. The topological polar surface area (TPSA) is 50.2 Å². The first-order valence-electron chi connectivity index (χ1n) is 3.99. The van der Waals surface area contributed by atoms with E-state index in [1.54, 1.807) is 18.3 Å². The summed E-state index contributed by atoms with van der Waals surface area (Å²) >= 11 is 1.38. The zero-order valence-corrected chi connectivity index (χ0v) is 7.99. The first-order valence-corrected chi connectivity index (χ1v) is 4.80. The van der Waals surface area contributed by atoms with Crippen molar-refractivity contribution in [2.75, 3.05) is 0 Å². The number of pyridine rings is 1. The molecule has 0 saturated carbocycles. The van der Waals surface area contributed by atoms with E-state index in [0.717, 1.165) is 16.7 Å². The van der Waals surface area contributed by atoms with Crippen LogP contribution in [0.5, 0.6) is 5.75 Å². The maximum Gasteiger partial charge on any atom is 0.160 e. The fraction of sp³-hybridized carbons (Fsp3) is 0. The van der Waals surface area contributed by atoms with Crippen molar-refractivity contribution in [3.8, 4) is 16.2 Å². The van der Waals surface area contributed by atoms with Gasteiger partial charge in [-0.3, -0.25) is 9.78 Å². The number of thiophene rings is 1. The summed E-state index contributed by atoms with van der Waals surface area (Å²) < 4.78 is 0. The van der Waals surface area contributed by atoms with Crippen molar-refractivity contribution in [2.24, 2.45) is 0 Å². The molecule has 0 aliphatic carbocycles. The Balaban J connectivity index is 2.43. The molecule has 0 spiro atoms. The minimum atomic E-state index is 0.128. The van der Waals surface area contributed by atoms with E-state index in [1.807, 2.05) is 6.07 Å². The number of aldehydes is 1. The van der Waals surface area contributed by atoms with Crippen LogP contribution in [0.4, 0.5) is 0 Å². The summed E-state index contributed by atoms with van der Waals surface area (Å²) in [4.78, 5) is 15.9. The molecular formula is C10H7NO2S. The number of aromatic nitrogens is 1.